The third-order valence-corrected chi connectivity index (χ3v) is 4.76. The summed E-state index contributed by atoms with van der Waals surface area (Å²) in [5.41, 5.74) is 1.17. The van der Waals surface area contributed by atoms with E-state index in [1.807, 2.05) is 36.3 Å². The number of nitrogens with one attached hydrogen (secondary N) is 1. The zero-order valence-corrected chi connectivity index (χ0v) is 11.4. The zero-order valence-electron chi connectivity index (χ0n) is 10.6. The molecule has 0 amide bonds. The molecule has 5 heteroatoms. The number of piperidine rings is 1. The van der Waals surface area contributed by atoms with Crippen molar-refractivity contribution in [1.29, 1.82) is 0 Å². The molecular weight excluding hydrogens is 261 g/mol. The van der Waals surface area contributed by atoms with Gasteiger partial charge in [0, 0.05) is 29.4 Å². The first-order chi connectivity index (χ1) is 9.31. The van der Waals surface area contributed by atoms with Crippen LogP contribution >= 0.6 is 11.8 Å². The summed E-state index contributed by atoms with van der Waals surface area (Å²) in [6, 6.07) is 6.79. The molecule has 0 aliphatic carbocycles. The Morgan fingerprint density at radius 2 is 1.95 bits per heavy atom. The molecule has 1 aromatic carbocycles. The lowest BCUT2D eigenvalue weighted by Gasteiger charge is -2.32. The number of hydrogen-bond donors (Lipinski definition) is 1. The third kappa shape index (κ3) is 3.10. The standard InChI is InChI=1S/C14H16FN3S/c15-11-1-3-13(4-2-11)19-14-5-7-18(8-6-14)12-9-16-17-10-12/h1-4,9-10,14H,5-8H2,(H,16,17). The van der Waals surface area contributed by atoms with Gasteiger partial charge < -0.3 is 4.90 Å². The van der Waals surface area contributed by atoms with Crippen LogP contribution in [0.25, 0.3) is 0 Å². The minimum atomic E-state index is -0.167. The van der Waals surface area contributed by atoms with E-state index in [1.54, 1.807) is 0 Å². The van der Waals surface area contributed by atoms with Gasteiger partial charge in [-0.2, -0.15) is 5.10 Å². The molecule has 0 saturated carbocycles. The summed E-state index contributed by atoms with van der Waals surface area (Å²) < 4.78 is 12.8. The summed E-state index contributed by atoms with van der Waals surface area (Å²) in [6.45, 7) is 2.11. The number of H-pyrrole nitrogens is 1. The zero-order chi connectivity index (χ0) is 13.1. The van der Waals surface area contributed by atoms with Gasteiger partial charge in [0.15, 0.2) is 0 Å². The fraction of sp³-hybridized carbons (Fsp3) is 0.357. The van der Waals surface area contributed by atoms with Gasteiger partial charge in [0.05, 0.1) is 11.9 Å². The molecule has 1 N–H and O–H groups in total. The van der Waals surface area contributed by atoms with E-state index in [0.29, 0.717) is 5.25 Å². The van der Waals surface area contributed by atoms with Crippen LogP contribution in [0.15, 0.2) is 41.6 Å². The summed E-state index contributed by atoms with van der Waals surface area (Å²) in [5, 5.41) is 7.46. The number of thioether (sulfide) groups is 1. The first-order valence-electron chi connectivity index (χ1n) is 6.47. The summed E-state index contributed by atoms with van der Waals surface area (Å²) in [7, 11) is 0. The van der Waals surface area contributed by atoms with Gasteiger partial charge in [0.25, 0.3) is 0 Å². The number of nitrogens with zero attached hydrogens (tertiary/aromatic N) is 2. The lowest BCUT2D eigenvalue weighted by Crippen LogP contribution is -2.34. The minimum Gasteiger partial charge on any atom is -0.369 e. The van der Waals surface area contributed by atoms with Gasteiger partial charge in [0.1, 0.15) is 5.82 Å². The number of hydrogen-bond acceptors (Lipinski definition) is 3. The number of aromatic amines is 1. The van der Waals surface area contributed by atoms with Gasteiger partial charge in [-0.25, -0.2) is 4.39 Å². The first-order valence-corrected chi connectivity index (χ1v) is 7.35. The highest BCUT2D eigenvalue weighted by molar-refractivity contribution is 8.00. The first kappa shape index (κ1) is 12.5. The fourth-order valence-corrected chi connectivity index (χ4v) is 3.48. The number of anilines is 1. The SMILES string of the molecule is Fc1ccc(SC2CCN(c3cn[nH]c3)CC2)cc1. The molecule has 1 aromatic heterocycles. The topological polar surface area (TPSA) is 31.9 Å². The highest BCUT2D eigenvalue weighted by Crippen LogP contribution is 2.31. The van der Waals surface area contributed by atoms with E-state index in [4.69, 9.17) is 0 Å². The Morgan fingerprint density at radius 3 is 2.58 bits per heavy atom. The van der Waals surface area contributed by atoms with Crippen LogP contribution in [-0.4, -0.2) is 28.5 Å². The van der Waals surface area contributed by atoms with Crippen LogP contribution in [-0.2, 0) is 0 Å². The molecule has 1 aliphatic heterocycles. The van der Waals surface area contributed by atoms with Crippen LogP contribution in [0.1, 0.15) is 12.8 Å². The molecule has 1 aliphatic rings. The summed E-state index contributed by atoms with van der Waals surface area (Å²) in [6.07, 6.45) is 6.10. The average Bonchev–Trinajstić information content (AvgIpc) is 2.96. The van der Waals surface area contributed by atoms with Gasteiger partial charge in [-0.1, -0.05) is 0 Å². The highest BCUT2D eigenvalue weighted by atomic mass is 32.2. The second-order valence-corrected chi connectivity index (χ2v) is 6.09. The highest BCUT2D eigenvalue weighted by Gasteiger charge is 2.20. The maximum Gasteiger partial charge on any atom is 0.123 e. The molecule has 2 aromatic rings. The van der Waals surface area contributed by atoms with E-state index in [2.05, 4.69) is 15.1 Å². The average molecular weight is 277 g/mol. The van der Waals surface area contributed by atoms with Gasteiger partial charge in [-0.3, -0.25) is 5.10 Å². The Balaban J connectivity index is 1.54. The fourth-order valence-electron chi connectivity index (χ4n) is 2.35. The Kier molecular flexibility index (Phi) is 3.73. The van der Waals surface area contributed by atoms with Crippen LogP contribution in [0.3, 0.4) is 0 Å². The maximum absolute atomic E-state index is 12.8. The van der Waals surface area contributed by atoms with Crippen LogP contribution < -0.4 is 4.90 Å². The van der Waals surface area contributed by atoms with Crippen molar-refractivity contribution in [3.05, 3.63) is 42.5 Å². The predicted octanol–water partition coefficient (Wildman–Crippen LogP) is 3.31. The van der Waals surface area contributed by atoms with Crippen molar-refractivity contribution in [2.24, 2.45) is 0 Å². The second kappa shape index (κ2) is 5.65. The third-order valence-electron chi connectivity index (χ3n) is 3.41. The van der Waals surface area contributed by atoms with Crippen molar-refractivity contribution >= 4 is 17.4 Å². The molecule has 3 nitrogen and oxygen atoms in total. The number of benzene rings is 1. The summed E-state index contributed by atoms with van der Waals surface area (Å²) >= 11 is 1.86. The van der Waals surface area contributed by atoms with Crippen molar-refractivity contribution < 1.29 is 4.39 Å². The second-order valence-electron chi connectivity index (χ2n) is 4.71. The molecule has 2 heterocycles. The molecule has 0 bridgehead atoms. The number of rotatable bonds is 3. The van der Waals surface area contributed by atoms with Gasteiger partial charge in [-0.05, 0) is 37.1 Å². The lowest BCUT2D eigenvalue weighted by atomic mass is 10.1. The molecule has 0 spiro atoms. The Labute approximate surface area is 116 Å². The van der Waals surface area contributed by atoms with Crippen LogP contribution in [0.2, 0.25) is 0 Å². The predicted molar refractivity (Wildman–Crippen MR) is 76.1 cm³/mol. The van der Waals surface area contributed by atoms with Crippen molar-refractivity contribution in [3.63, 3.8) is 0 Å². The Morgan fingerprint density at radius 1 is 1.21 bits per heavy atom. The molecular formula is C14H16FN3S. The maximum atomic E-state index is 12.8. The normalized spacial score (nSPS) is 16.8. The molecule has 1 saturated heterocycles. The van der Waals surface area contributed by atoms with Crippen molar-refractivity contribution in [2.45, 2.75) is 23.0 Å². The van der Waals surface area contributed by atoms with E-state index >= 15 is 0 Å². The van der Waals surface area contributed by atoms with E-state index < -0.39 is 0 Å². The van der Waals surface area contributed by atoms with Gasteiger partial charge in [0.2, 0.25) is 0 Å². The van der Waals surface area contributed by atoms with Crippen molar-refractivity contribution in [2.75, 3.05) is 18.0 Å². The van der Waals surface area contributed by atoms with Crippen LogP contribution in [0.4, 0.5) is 10.1 Å². The van der Waals surface area contributed by atoms with Gasteiger partial charge in [-0.15, -0.1) is 11.8 Å². The number of aromatic nitrogens is 2. The van der Waals surface area contributed by atoms with Crippen molar-refractivity contribution in [3.8, 4) is 0 Å². The Bertz CT molecular complexity index is 504. The molecule has 3 rings (SSSR count). The van der Waals surface area contributed by atoms with E-state index in [-0.39, 0.29) is 5.82 Å². The monoisotopic (exact) mass is 277 g/mol. The molecule has 0 unspecified atom stereocenters. The molecule has 19 heavy (non-hydrogen) atoms. The quantitative estimate of drug-likeness (QED) is 0.934. The van der Waals surface area contributed by atoms with Crippen LogP contribution in [0, 0.1) is 5.82 Å². The minimum absolute atomic E-state index is 0.167. The smallest absolute Gasteiger partial charge is 0.123 e. The lowest BCUT2D eigenvalue weighted by molar-refractivity contribution is 0.591. The molecule has 0 radical (unpaired) electrons. The molecule has 1 fully saturated rings. The number of halogens is 1. The molecule has 0 atom stereocenters. The Hall–Kier alpha value is -1.49. The summed E-state index contributed by atoms with van der Waals surface area (Å²) in [4.78, 5) is 3.51. The van der Waals surface area contributed by atoms with Crippen molar-refractivity contribution in [1.82, 2.24) is 10.2 Å². The van der Waals surface area contributed by atoms with E-state index in [9.17, 15) is 4.39 Å². The molecule has 100 valence electrons. The van der Waals surface area contributed by atoms with Gasteiger partial charge >= 0.3 is 0 Å². The largest absolute Gasteiger partial charge is 0.369 e. The van der Waals surface area contributed by atoms with E-state index in [1.165, 1.54) is 17.8 Å². The van der Waals surface area contributed by atoms with Crippen LogP contribution in [0.5, 0.6) is 0 Å². The summed E-state index contributed by atoms with van der Waals surface area (Å²) in [5.74, 6) is -0.167. The van der Waals surface area contributed by atoms with E-state index in [0.717, 1.165) is 30.8 Å².